The van der Waals surface area contributed by atoms with Crippen molar-refractivity contribution in [3.63, 3.8) is 0 Å². The summed E-state index contributed by atoms with van der Waals surface area (Å²) < 4.78 is 0. The number of halogens is 1. The van der Waals surface area contributed by atoms with Crippen molar-refractivity contribution in [2.45, 2.75) is 33.1 Å². The number of rotatable bonds is 4. The van der Waals surface area contributed by atoms with E-state index in [0.29, 0.717) is 37.4 Å². The van der Waals surface area contributed by atoms with Crippen LogP contribution < -0.4 is 5.32 Å². The van der Waals surface area contributed by atoms with Crippen molar-refractivity contribution in [3.05, 3.63) is 64.2 Å². The van der Waals surface area contributed by atoms with Gasteiger partial charge in [0, 0.05) is 29.7 Å². The van der Waals surface area contributed by atoms with Crippen molar-refractivity contribution < 1.29 is 9.59 Å². The first kappa shape index (κ1) is 19.4. The van der Waals surface area contributed by atoms with E-state index in [1.807, 2.05) is 61.2 Å². The number of amides is 2. The lowest BCUT2D eigenvalue weighted by atomic mass is 9.95. The highest BCUT2D eigenvalue weighted by molar-refractivity contribution is 6.31. The summed E-state index contributed by atoms with van der Waals surface area (Å²) >= 11 is 6.12. The number of anilines is 1. The Kier molecular flexibility index (Phi) is 6.17. The molecule has 0 spiro atoms. The maximum Gasteiger partial charge on any atom is 0.227 e. The topological polar surface area (TPSA) is 49.4 Å². The summed E-state index contributed by atoms with van der Waals surface area (Å²) in [6.07, 6.45) is 1.79. The Hall–Kier alpha value is -2.33. The van der Waals surface area contributed by atoms with Crippen LogP contribution in [0.5, 0.6) is 0 Å². The molecule has 1 saturated heterocycles. The van der Waals surface area contributed by atoms with Crippen molar-refractivity contribution in [3.8, 4) is 0 Å². The summed E-state index contributed by atoms with van der Waals surface area (Å²) in [5, 5.41) is 3.63. The molecular formula is C22H25ClN2O2. The Morgan fingerprint density at radius 3 is 2.41 bits per heavy atom. The normalized spacial score (nSPS) is 14.9. The fraction of sp³-hybridized carbons (Fsp3) is 0.364. The fourth-order valence-corrected chi connectivity index (χ4v) is 3.54. The minimum atomic E-state index is -0.0770. The highest BCUT2D eigenvalue weighted by Crippen LogP contribution is 2.25. The number of carbonyl (C=O) groups excluding carboxylic acids is 2. The smallest absolute Gasteiger partial charge is 0.227 e. The summed E-state index contributed by atoms with van der Waals surface area (Å²) in [5.74, 6) is 0.0567. The second-order valence-electron chi connectivity index (χ2n) is 7.22. The molecule has 0 atom stereocenters. The number of carbonyl (C=O) groups is 2. The number of aryl methyl sites for hydroxylation is 1. The number of hydrogen-bond donors (Lipinski definition) is 1. The van der Waals surface area contributed by atoms with Gasteiger partial charge in [-0.25, -0.2) is 0 Å². The van der Waals surface area contributed by atoms with Gasteiger partial charge in [-0.3, -0.25) is 9.59 Å². The van der Waals surface area contributed by atoms with Gasteiger partial charge < -0.3 is 10.2 Å². The summed E-state index contributed by atoms with van der Waals surface area (Å²) in [5.41, 5.74) is 3.85. The quantitative estimate of drug-likeness (QED) is 0.850. The van der Waals surface area contributed by atoms with Gasteiger partial charge in [0.1, 0.15) is 0 Å². The molecule has 27 heavy (non-hydrogen) atoms. The minimum absolute atomic E-state index is 0.00556. The van der Waals surface area contributed by atoms with Crippen LogP contribution in [0, 0.1) is 19.8 Å². The molecule has 0 bridgehead atoms. The van der Waals surface area contributed by atoms with Gasteiger partial charge in [-0.2, -0.15) is 0 Å². The summed E-state index contributed by atoms with van der Waals surface area (Å²) in [4.78, 5) is 27.0. The molecule has 142 valence electrons. The molecule has 0 aliphatic carbocycles. The van der Waals surface area contributed by atoms with Crippen LogP contribution in [-0.2, 0) is 16.0 Å². The number of nitrogens with one attached hydrogen (secondary N) is 1. The van der Waals surface area contributed by atoms with Crippen LogP contribution in [0.1, 0.15) is 29.5 Å². The maximum absolute atomic E-state index is 12.6. The third-order valence-electron chi connectivity index (χ3n) is 5.22. The molecule has 4 nitrogen and oxygen atoms in total. The highest BCUT2D eigenvalue weighted by Gasteiger charge is 2.27. The predicted octanol–water partition coefficient (Wildman–Crippen LogP) is 4.38. The second kappa shape index (κ2) is 8.57. The number of nitrogens with zero attached hydrogens (tertiary/aromatic N) is 1. The van der Waals surface area contributed by atoms with E-state index in [9.17, 15) is 9.59 Å². The van der Waals surface area contributed by atoms with Crippen molar-refractivity contribution in [1.82, 2.24) is 4.90 Å². The number of likely N-dealkylation sites (tertiary alicyclic amines) is 1. The first-order valence-electron chi connectivity index (χ1n) is 9.33. The molecule has 0 unspecified atom stereocenters. The average molecular weight is 385 g/mol. The molecule has 2 aromatic rings. The van der Waals surface area contributed by atoms with E-state index in [2.05, 4.69) is 5.32 Å². The monoisotopic (exact) mass is 384 g/mol. The average Bonchev–Trinajstić information content (AvgIpc) is 2.67. The first-order valence-corrected chi connectivity index (χ1v) is 9.71. The third-order valence-corrected chi connectivity index (χ3v) is 5.63. The van der Waals surface area contributed by atoms with Gasteiger partial charge in [-0.1, -0.05) is 47.5 Å². The molecule has 0 radical (unpaired) electrons. The molecule has 0 aromatic heterocycles. The Labute approximate surface area is 165 Å². The van der Waals surface area contributed by atoms with E-state index in [4.69, 9.17) is 11.6 Å². The molecule has 1 fully saturated rings. The zero-order chi connectivity index (χ0) is 19.4. The largest absolute Gasteiger partial charge is 0.342 e. The molecule has 1 aliphatic heterocycles. The lowest BCUT2D eigenvalue weighted by Crippen LogP contribution is -2.42. The Morgan fingerprint density at radius 2 is 1.74 bits per heavy atom. The van der Waals surface area contributed by atoms with E-state index in [-0.39, 0.29) is 17.7 Å². The zero-order valence-electron chi connectivity index (χ0n) is 15.8. The van der Waals surface area contributed by atoms with E-state index >= 15 is 0 Å². The van der Waals surface area contributed by atoms with Crippen molar-refractivity contribution in [2.24, 2.45) is 5.92 Å². The SMILES string of the molecule is Cc1ccc(CC(=O)N2CCC(C(=O)Nc3cccc(Cl)c3C)CC2)cc1. The van der Waals surface area contributed by atoms with Gasteiger partial charge >= 0.3 is 0 Å². The highest BCUT2D eigenvalue weighted by atomic mass is 35.5. The Bertz CT molecular complexity index is 825. The van der Waals surface area contributed by atoms with E-state index in [0.717, 1.165) is 16.8 Å². The molecule has 0 saturated carbocycles. The lowest BCUT2D eigenvalue weighted by molar-refractivity contribution is -0.133. The summed E-state index contributed by atoms with van der Waals surface area (Å²) in [6, 6.07) is 13.6. The lowest BCUT2D eigenvalue weighted by Gasteiger charge is -2.31. The van der Waals surface area contributed by atoms with E-state index in [1.165, 1.54) is 5.56 Å². The number of benzene rings is 2. The van der Waals surface area contributed by atoms with Crippen molar-refractivity contribution in [2.75, 3.05) is 18.4 Å². The third kappa shape index (κ3) is 4.89. The van der Waals surface area contributed by atoms with Gasteiger partial charge in [-0.15, -0.1) is 0 Å². The summed E-state index contributed by atoms with van der Waals surface area (Å²) in [6.45, 7) is 5.17. The van der Waals surface area contributed by atoms with Gasteiger partial charge in [0.05, 0.1) is 6.42 Å². The fourth-order valence-electron chi connectivity index (χ4n) is 3.36. The maximum atomic E-state index is 12.6. The van der Waals surface area contributed by atoms with Crippen LogP contribution >= 0.6 is 11.6 Å². The number of piperidine rings is 1. The Balaban J connectivity index is 1.52. The Morgan fingerprint density at radius 1 is 1.07 bits per heavy atom. The van der Waals surface area contributed by atoms with Crippen LogP contribution in [0.15, 0.2) is 42.5 Å². The van der Waals surface area contributed by atoms with Gasteiger partial charge in [0.25, 0.3) is 0 Å². The molecular weight excluding hydrogens is 360 g/mol. The van der Waals surface area contributed by atoms with Gasteiger partial charge in [0.15, 0.2) is 0 Å². The molecule has 1 N–H and O–H groups in total. The van der Waals surface area contributed by atoms with Crippen molar-refractivity contribution in [1.29, 1.82) is 0 Å². The van der Waals surface area contributed by atoms with Crippen LogP contribution in [0.2, 0.25) is 5.02 Å². The standard InChI is InChI=1S/C22H25ClN2O2/c1-15-6-8-17(9-7-15)14-21(26)25-12-10-18(11-13-25)22(27)24-20-5-3-4-19(23)16(20)2/h3-9,18H,10-14H2,1-2H3,(H,24,27). The predicted molar refractivity (Wildman–Crippen MR) is 109 cm³/mol. The molecule has 3 rings (SSSR count). The molecule has 5 heteroatoms. The van der Waals surface area contributed by atoms with Crippen LogP contribution in [0.25, 0.3) is 0 Å². The summed E-state index contributed by atoms with van der Waals surface area (Å²) in [7, 11) is 0. The van der Waals surface area contributed by atoms with Gasteiger partial charge in [0.2, 0.25) is 11.8 Å². The molecule has 1 aliphatic rings. The molecule has 1 heterocycles. The van der Waals surface area contributed by atoms with E-state index in [1.54, 1.807) is 0 Å². The molecule has 2 amide bonds. The molecule has 2 aromatic carbocycles. The number of hydrogen-bond acceptors (Lipinski definition) is 2. The van der Waals surface area contributed by atoms with Crippen molar-refractivity contribution >= 4 is 29.1 Å². The van der Waals surface area contributed by atoms with Gasteiger partial charge in [-0.05, 0) is 49.9 Å². The first-order chi connectivity index (χ1) is 12.9. The second-order valence-corrected chi connectivity index (χ2v) is 7.63. The van der Waals surface area contributed by atoms with E-state index < -0.39 is 0 Å². The van der Waals surface area contributed by atoms with Crippen LogP contribution in [0.4, 0.5) is 5.69 Å². The zero-order valence-corrected chi connectivity index (χ0v) is 16.6. The van der Waals surface area contributed by atoms with Crippen LogP contribution in [-0.4, -0.2) is 29.8 Å². The van der Waals surface area contributed by atoms with Crippen LogP contribution in [0.3, 0.4) is 0 Å². The minimum Gasteiger partial charge on any atom is -0.342 e.